The van der Waals surface area contributed by atoms with E-state index < -0.39 is 0 Å². The van der Waals surface area contributed by atoms with E-state index in [-0.39, 0.29) is 11.9 Å². The minimum absolute atomic E-state index is 0.153. The average molecular weight is 328 g/mol. The molecule has 0 bridgehead atoms. The first-order valence-electron chi connectivity index (χ1n) is 8.23. The van der Waals surface area contributed by atoms with Crippen LogP contribution in [-0.2, 0) is 4.79 Å². The van der Waals surface area contributed by atoms with Crippen LogP contribution in [0.2, 0.25) is 0 Å². The summed E-state index contributed by atoms with van der Waals surface area (Å²) in [7, 11) is 0. The zero-order chi connectivity index (χ0) is 17.5. The van der Waals surface area contributed by atoms with Crippen molar-refractivity contribution in [3.63, 3.8) is 0 Å². The molecule has 0 aliphatic heterocycles. The maximum atomic E-state index is 12.4. The van der Waals surface area contributed by atoms with Crippen LogP contribution in [0.1, 0.15) is 28.4 Å². The van der Waals surface area contributed by atoms with Gasteiger partial charge in [-0.2, -0.15) is 0 Å². The number of hydrogen-bond acceptors (Lipinski definition) is 2. The van der Waals surface area contributed by atoms with E-state index in [0.717, 1.165) is 16.8 Å². The Bertz CT molecular complexity index is 801. The van der Waals surface area contributed by atoms with E-state index in [4.69, 9.17) is 0 Å². The zero-order valence-electron chi connectivity index (χ0n) is 14.1. The maximum Gasteiger partial charge on any atom is 0.244 e. The molecular weight excluding hydrogens is 308 g/mol. The Morgan fingerprint density at radius 1 is 0.960 bits per heavy atom. The highest BCUT2D eigenvalue weighted by atomic mass is 16.1. The Balaban J connectivity index is 1.78. The number of amides is 1. The topological polar surface area (TPSA) is 42.0 Å². The maximum absolute atomic E-state index is 12.4. The molecule has 0 spiro atoms. The lowest BCUT2D eigenvalue weighted by Gasteiger charge is -2.17. The second-order valence-corrected chi connectivity index (χ2v) is 5.85. The molecule has 2 aromatic carbocycles. The largest absolute Gasteiger partial charge is 0.340 e. The van der Waals surface area contributed by atoms with Gasteiger partial charge in [0.1, 0.15) is 0 Å². The Labute approximate surface area is 148 Å². The van der Waals surface area contributed by atoms with Crippen molar-refractivity contribution in [1.29, 1.82) is 0 Å². The Morgan fingerprint density at radius 3 is 2.36 bits per heavy atom. The van der Waals surface area contributed by atoms with Crippen LogP contribution in [0.4, 0.5) is 0 Å². The van der Waals surface area contributed by atoms with Crippen LogP contribution in [0.15, 0.2) is 85.1 Å². The van der Waals surface area contributed by atoms with E-state index in [0.29, 0.717) is 0 Å². The molecule has 1 heterocycles. The minimum atomic E-state index is -0.280. The molecule has 1 aromatic heterocycles. The van der Waals surface area contributed by atoms with Gasteiger partial charge in [0, 0.05) is 12.3 Å². The number of aromatic nitrogens is 1. The van der Waals surface area contributed by atoms with Crippen LogP contribution >= 0.6 is 0 Å². The van der Waals surface area contributed by atoms with Crippen LogP contribution in [-0.4, -0.2) is 10.9 Å². The van der Waals surface area contributed by atoms with Gasteiger partial charge in [-0.15, -0.1) is 0 Å². The van der Waals surface area contributed by atoms with E-state index in [1.165, 1.54) is 5.56 Å². The zero-order valence-corrected chi connectivity index (χ0v) is 14.1. The fourth-order valence-corrected chi connectivity index (χ4v) is 2.56. The third kappa shape index (κ3) is 4.64. The van der Waals surface area contributed by atoms with Crippen molar-refractivity contribution in [3.05, 3.63) is 107 Å². The summed E-state index contributed by atoms with van der Waals surface area (Å²) in [6.45, 7) is 2.04. The number of nitrogens with zero attached hydrogens (tertiary/aromatic N) is 1. The second kappa shape index (κ2) is 8.06. The smallest absolute Gasteiger partial charge is 0.244 e. The highest BCUT2D eigenvalue weighted by Crippen LogP contribution is 2.20. The van der Waals surface area contributed by atoms with Gasteiger partial charge in [-0.1, -0.05) is 66.2 Å². The molecule has 3 aromatic rings. The lowest BCUT2D eigenvalue weighted by Crippen LogP contribution is -2.28. The van der Waals surface area contributed by atoms with Crippen LogP contribution in [0, 0.1) is 6.92 Å². The summed E-state index contributed by atoms with van der Waals surface area (Å²) in [6.07, 6.45) is 5.11. The molecule has 3 rings (SSSR count). The van der Waals surface area contributed by atoms with Gasteiger partial charge in [0.15, 0.2) is 0 Å². The number of rotatable bonds is 5. The van der Waals surface area contributed by atoms with Crippen molar-refractivity contribution < 1.29 is 4.79 Å². The monoisotopic (exact) mass is 328 g/mol. The number of carbonyl (C=O) groups excluding carboxylic acids is 1. The predicted molar refractivity (Wildman–Crippen MR) is 101 cm³/mol. The molecular formula is C22H20N2O. The fourth-order valence-electron chi connectivity index (χ4n) is 2.56. The van der Waals surface area contributed by atoms with E-state index in [1.54, 1.807) is 12.3 Å². The van der Waals surface area contributed by atoms with Gasteiger partial charge in [0.2, 0.25) is 5.91 Å². The second-order valence-electron chi connectivity index (χ2n) is 5.85. The lowest BCUT2D eigenvalue weighted by molar-refractivity contribution is -0.116. The summed E-state index contributed by atoms with van der Waals surface area (Å²) in [5.74, 6) is -0.153. The van der Waals surface area contributed by atoms with Gasteiger partial charge in [0.25, 0.3) is 0 Å². The molecule has 0 saturated carbocycles. The quantitative estimate of drug-likeness (QED) is 0.709. The summed E-state index contributed by atoms with van der Waals surface area (Å²) in [4.78, 5) is 16.8. The third-order valence-electron chi connectivity index (χ3n) is 3.91. The highest BCUT2D eigenvalue weighted by Gasteiger charge is 2.16. The van der Waals surface area contributed by atoms with Gasteiger partial charge >= 0.3 is 0 Å². The van der Waals surface area contributed by atoms with Crippen molar-refractivity contribution in [2.45, 2.75) is 13.0 Å². The van der Waals surface area contributed by atoms with Gasteiger partial charge in [-0.05, 0) is 36.3 Å². The van der Waals surface area contributed by atoms with Gasteiger partial charge in [-0.3, -0.25) is 9.78 Å². The molecule has 1 unspecified atom stereocenters. The molecule has 3 heteroatoms. The van der Waals surface area contributed by atoms with Crippen molar-refractivity contribution in [3.8, 4) is 0 Å². The number of aryl methyl sites for hydroxylation is 1. The van der Waals surface area contributed by atoms with Crippen molar-refractivity contribution in [1.82, 2.24) is 10.3 Å². The molecule has 0 fully saturated rings. The molecule has 124 valence electrons. The first-order chi connectivity index (χ1) is 12.2. The summed E-state index contributed by atoms with van der Waals surface area (Å²) < 4.78 is 0. The van der Waals surface area contributed by atoms with E-state index in [2.05, 4.69) is 10.3 Å². The first-order valence-corrected chi connectivity index (χ1v) is 8.23. The van der Waals surface area contributed by atoms with Gasteiger partial charge in [-0.25, -0.2) is 0 Å². The van der Waals surface area contributed by atoms with Crippen molar-refractivity contribution in [2.75, 3.05) is 0 Å². The molecule has 1 N–H and O–H groups in total. The number of carbonyl (C=O) groups is 1. The summed E-state index contributed by atoms with van der Waals surface area (Å²) >= 11 is 0. The van der Waals surface area contributed by atoms with Crippen LogP contribution in [0.25, 0.3) is 6.08 Å². The van der Waals surface area contributed by atoms with E-state index in [1.807, 2.05) is 85.8 Å². The van der Waals surface area contributed by atoms with Crippen molar-refractivity contribution in [2.24, 2.45) is 0 Å². The van der Waals surface area contributed by atoms with Gasteiger partial charge < -0.3 is 5.32 Å². The Morgan fingerprint density at radius 2 is 1.68 bits per heavy atom. The SMILES string of the molecule is Cc1ccc(/C=C/C(=O)NC(c2ccccc2)c2ccccn2)cc1. The number of nitrogens with one attached hydrogen (secondary N) is 1. The Hall–Kier alpha value is -3.20. The van der Waals surface area contributed by atoms with E-state index >= 15 is 0 Å². The molecule has 0 saturated heterocycles. The standard InChI is InChI=1S/C22H20N2O/c1-17-10-12-18(13-11-17)14-15-21(25)24-22(19-7-3-2-4-8-19)20-9-5-6-16-23-20/h2-16,22H,1H3,(H,24,25)/b15-14+. The third-order valence-corrected chi connectivity index (χ3v) is 3.91. The molecule has 1 atom stereocenters. The van der Waals surface area contributed by atoms with E-state index in [9.17, 15) is 4.79 Å². The molecule has 0 aliphatic carbocycles. The van der Waals surface area contributed by atoms with Crippen molar-refractivity contribution >= 4 is 12.0 Å². The summed E-state index contributed by atoms with van der Waals surface area (Å²) in [5.41, 5.74) is 4.00. The summed E-state index contributed by atoms with van der Waals surface area (Å²) in [6, 6.07) is 23.3. The molecule has 0 aliphatic rings. The average Bonchev–Trinajstić information content (AvgIpc) is 2.67. The van der Waals surface area contributed by atoms with Crippen LogP contribution < -0.4 is 5.32 Å². The number of benzene rings is 2. The molecule has 0 radical (unpaired) electrons. The van der Waals surface area contributed by atoms with Crippen LogP contribution in [0.3, 0.4) is 0 Å². The number of hydrogen-bond donors (Lipinski definition) is 1. The number of pyridine rings is 1. The van der Waals surface area contributed by atoms with Crippen LogP contribution in [0.5, 0.6) is 0 Å². The normalized spacial score (nSPS) is 12.0. The molecule has 1 amide bonds. The summed E-state index contributed by atoms with van der Waals surface area (Å²) in [5, 5.41) is 3.04. The predicted octanol–water partition coefficient (Wildman–Crippen LogP) is 4.31. The highest BCUT2D eigenvalue weighted by molar-refractivity contribution is 5.92. The lowest BCUT2D eigenvalue weighted by atomic mass is 10.0. The van der Waals surface area contributed by atoms with Gasteiger partial charge in [0.05, 0.1) is 11.7 Å². The molecule has 3 nitrogen and oxygen atoms in total. The Kier molecular flexibility index (Phi) is 5.37. The minimum Gasteiger partial charge on any atom is -0.340 e. The molecule has 25 heavy (non-hydrogen) atoms. The first kappa shape index (κ1) is 16.7. The fraction of sp³-hybridized carbons (Fsp3) is 0.0909.